The van der Waals surface area contributed by atoms with Crippen molar-refractivity contribution < 1.29 is 14.3 Å². The highest BCUT2D eigenvalue weighted by Gasteiger charge is 2.55. The van der Waals surface area contributed by atoms with Crippen molar-refractivity contribution in [1.82, 2.24) is 10.2 Å². The molecular formula is C27H34N2O3. The second-order valence-electron chi connectivity index (χ2n) is 9.27. The first kappa shape index (κ1) is 22.5. The van der Waals surface area contributed by atoms with Crippen LogP contribution >= 0.6 is 0 Å². The molecule has 2 amide bonds. The molecule has 170 valence electrons. The van der Waals surface area contributed by atoms with Gasteiger partial charge in [0.25, 0.3) is 5.91 Å². The van der Waals surface area contributed by atoms with Crippen molar-refractivity contribution in [1.29, 1.82) is 0 Å². The highest BCUT2D eigenvalue weighted by molar-refractivity contribution is 6.02. The lowest BCUT2D eigenvalue weighted by Crippen LogP contribution is -2.60. The number of nitrogens with zero attached hydrogens (tertiary/aromatic N) is 1. The van der Waals surface area contributed by atoms with Gasteiger partial charge in [-0.2, -0.15) is 0 Å². The van der Waals surface area contributed by atoms with Crippen LogP contribution in [-0.2, 0) is 16.1 Å². The smallest absolute Gasteiger partial charge is 0.254 e. The lowest BCUT2D eigenvalue weighted by Gasteiger charge is -2.50. The summed E-state index contributed by atoms with van der Waals surface area (Å²) in [6.45, 7) is 5.76. The third-order valence-corrected chi connectivity index (χ3v) is 6.81. The summed E-state index contributed by atoms with van der Waals surface area (Å²) in [7, 11) is 0. The number of hydrogen-bond donors (Lipinski definition) is 1. The minimum absolute atomic E-state index is 0.0226. The summed E-state index contributed by atoms with van der Waals surface area (Å²) in [5.41, 5.74) is 2.15. The van der Waals surface area contributed by atoms with E-state index in [9.17, 15) is 9.59 Å². The van der Waals surface area contributed by atoms with E-state index in [0.29, 0.717) is 25.3 Å². The van der Waals surface area contributed by atoms with E-state index in [-0.39, 0.29) is 23.8 Å². The molecule has 5 heteroatoms. The van der Waals surface area contributed by atoms with Crippen molar-refractivity contribution in [3.63, 3.8) is 0 Å². The van der Waals surface area contributed by atoms with E-state index in [2.05, 4.69) is 17.4 Å². The fraction of sp³-hybridized carbons (Fsp3) is 0.481. The molecule has 0 saturated heterocycles. The molecule has 4 rings (SSSR count). The zero-order valence-electron chi connectivity index (χ0n) is 19.2. The van der Waals surface area contributed by atoms with Gasteiger partial charge in [0, 0.05) is 25.3 Å². The maximum Gasteiger partial charge on any atom is 0.254 e. The molecule has 1 spiro atoms. The van der Waals surface area contributed by atoms with Crippen molar-refractivity contribution >= 4 is 11.8 Å². The van der Waals surface area contributed by atoms with Crippen molar-refractivity contribution in [3.05, 3.63) is 71.3 Å². The maximum atomic E-state index is 13.7. The van der Waals surface area contributed by atoms with Gasteiger partial charge in [-0.1, -0.05) is 61.4 Å². The summed E-state index contributed by atoms with van der Waals surface area (Å²) >= 11 is 0. The second kappa shape index (κ2) is 9.86. The van der Waals surface area contributed by atoms with Crippen LogP contribution < -0.4 is 5.32 Å². The number of ether oxygens (including phenoxy) is 1. The summed E-state index contributed by atoms with van der Waals surface area (Å²) in [5.74, 6) is -0.288. The number of nitrogens with one attached hydrogen (secondary N) is 1. The van der Waals surface area contributed by atoms with E-state index >= 15 is 0 Å². The first-order valence-corrected chi connectivity index (χ1v) is 11.9. The van der Waals surface area contributed by atoms with Gasteiger partial charge in [-0.05, 0) is 50.3 Å². The van der Waals surface area contributed by atoms with Gasteiger partial charge in [0.2, 0.25) is 5.91 Å². The highest BCUT2D eigenvalue weighted by atomic mass is 16.5. The maximum absolute atomic E-state index is 13.7. The van der Waals surface area contributed by atoms with E-state index in [1.807, 2.05) is 61.2 Å². The van der Waals surface area contributed by atoms with Gasteiger partial charge in [0.15, 0.2) is 0 Å². The normalized spacial score (nSPS) is 19.4. The van der Waals surface area contributed by atoms with E-state index in [4.69, 9.17) is 4.74 Å². The molecule has 5 nitrogen and oxygen atoms in total. The van der Waals surface area contributed by atoms with Crippen LogP contribution in [0.15, 0.2) is 54.6 Å². The predicted octanol–water partition coefficient (Wildman–Crippen LogP) is 4.67. The molecule has 0 unspecified atom stereocenters. The Bertz CT molecular complexity index is 935. The molecule has 32 heavy (non-hydrogen) atoms. The van der Waals surface area contributed by atoms with Gasteiger partial charge >= 0.3 is 0 Å². The largest absolute Gasteiger partial charge is 0.379 e. The van der Waals surface area contributed by atoms with E-state index in [0.717, 1.165) is 43.2 Å². The molecule has 0 bridgehead atoms. The number of carbonyl (C=O) groups is 2. The average Bonchev–Trinajstić information content (AvgIpc) is 3.27. The Morgan fingerprint density at radius 2 is 1.78 bits per heavy atom. The molecular weight excluding hydrogens is 400 g/mol. The van der Waals surface area contributed by atoms with Crippen LogP contribution in [0.1, 0.15) is 73.4 Å². The van der Waals surface area contributed by atoms with E-state index in [1.54, 1.807) is 0 Å². The van der Waals surface area contributed by atoms with Crippen molar-refractivity contribution in [3.8, 4) is 0 Å². The average molecular weight is 435 g/mol. The van der Waals surface area contributed by atoms with Crippen LogP contribution in [0.25, 0.3) is 0 Å². The van der Waals surface area contributed by atoms with Crippen LogP contribution in [0.3, 0.4) is 0 Å². The third-order valence-electron chi connectivity index (χ3n) is 6.81. The minimum atomic E-state index is -0.472. The number of hydrogen-bond acceptors (Lipinski definition) is 3. The summed E-state index contributed by atoms with van der Waals surface area (Å²) in [5, 5.41) is 3.16. The van der Waals surface area contributed by atoms with Gasteiger partial charge in [0.05, 0.1) is 17.6 Å². The summed E-state index contributed by atoms with van der Waals surface area (Å²) in [6, 6.07) is 17.8. The molecule has 0 aromatic heterocycles. The van der Waals surface area contributed by atoms with Crippen LogP contribution in [-0.4, -0.2) is 41.5 Å². The zero-order valence-corrected chi connectivity index (χ0v) is 19.2. The van der Waals surface area contributed by atoms with Crippen molar-refractivity contribution in [2.24, 2.45) is 0 Å². The Morgan fingerprint density at radius 3 is 2.50 bits per heavy atom. The summed E-state index contributed by atoms with van der Waals surface area (Å²) in [4.78, 5) is 29.3. The molecule has 1 heterocycles. The van der Waals surface area contributed by atoms with Crippen LogP contribution in [0.4, 0.5) is 0 Å². The van der Waals surface area contributed by atoms with Gasteiger partial charge < -0.3 is 15.0 Å². The molecule has 1 aliphatic carbocycles. The molecule has 1 N–H and O–H groups in total. The Balaban J connectivity index is 1.64. The van der Waals surface area contributed by atoms with Crippen molar-refractivity contribution in [2.75, 3.05) is 13.2 Å². The topological polar surface area (TPSA) is 58.6 Å². The number of amides is 2. The lowest BCUT2D eigenvalue weighted by molar-refractivity contribution is -0.126. The third kappa shape index (κ3) is 4.44. The van der Waals surface area contributed by atoms with Gasteiger partial charge in [0.1, 0.15) is 0 Å². The molecule has 1 aliphatic heterocycles. The highest BCUT2D eigenvalue weighted by Crippen LogP contribution is 2.50. The standard InChI is InChI=1S/C27H34N2O3/c1-20(2)32-18-10-17-28-25(30)24-22-13-6-7-14-23(22)26(31)29(27(24)15-8-9-16-27)19-21-11-4-3-5-12-21/h3-7,11-14,20,24H,8-10,15-19H2,1-2H3,(H,28,30)/t24-/m1/s1. The molecule has 2 aromatic carbocycles. The fourth-order valence-corrected chi connectivity index (χ4v) is 5.37. The first-order chi connectivity index (χ1) is 15.5. The number of fused-ring (bicyclic) bond motifs is 1. The quantitative estimate of drug-likeness (QED) is 0.614. The molecule has 1 saturated carbocycles. The van der Waals surface area contributed by atoms with E-state index < -0.39 is 5.54 Å². The molecule has 2 aromatic rings. The predicted molar refractivity (Wildman–Crippen MR) is 125 cm³/mol. The van der Waals surface area contributed by atoms with Gasteiger partial charge in [-0.25, -0.2) is 0 Å². The minimum Gasteiger partial charge on any atom is -0.379 e. The monoisotopic (exact) mass is 434 g/mol. The Hall–Kier alpha value is -2.66. The second-order valence-corrected chi connectivity index (χ2v) is 9.27. The Kier molecular flexibility index (Phi) is 6.95. The number of benzene rings is 2. The SMILES string of the molecule is CC(C)OCCCNC(=O)[C@H]1c2ccccc2C(=O)N(Cc2ccccc2)C12CCCC2. The molecule has 0 radical (unpaired) electrons. The van der Waals surface area contributed by atoms with Gasteiger partial charge in [-0.15, -0.1) is 0 Å². The van der Waals surface area contributed by atoms with Crippen LogP contribution in [0.5, 0.6) is 0 Å². The summed E-state index contributed by atoms with van der Waals surface area (Å²) in [6.07, 6.45) is 4.75. The summed E-state index contributed by atoms with van der Waals surface area (Å²) < 4.78 is 5.61. The van der Waals surface area contributed by atoms with E-state index in [1.165, 1.54) is 0 Å². The molecule has 2 aliphatic rings. The molecule has 1 atom stereocenters. The number of rotatable bonds is 8. The Morgan fingerprint density at radius 1 is 1.09 bits per heavy atom. The first-order valence-electron chi connectivity index (χ1n) is 11.9. The Labute approximate surface area is 191 Å². The van der Waals surface area contributed by atoms with Crippen LogP contribution in [0, 0.1) is 0 Å². The molecule has 1 fully saturated rings. The zero-order chi connectivity index (χ0) is 22.6. The van der Waals surface area contributed by atoms with Crippen LogP contribution in [0.2, 0.25) is 0 Å². The van der Waals surface area contributed by atoms with Gasteiger partial charge in [-0.3, -0.25) is 9.59 Å². The number of carbonyl (C=O) groups excluding carboxylic acids is 2. The fourth-order valence-electron chi connectivity index (χ4n) is 5.37. The lowest BCUT2D eigenvalue weighted by atomic mass is 9.71. The van der Waals surface area contributed by atoms with Crippen molar-refractivity contribution in [2.45, 2.75) is 70.1 Å².